The largest absolute Gasteiger partial charge is 0.347 e. The Morgan fingerprint density at radius 3 is 2.56 bits per heavy atom. The fourth-order valence-electron chi connectivity index (χ4n) is 1.82. The zero-order valence-electron chi connectivity index (χ0n) is 10.9. The molecule has 0 atom stereocenters. The van der Waals surface area contributed by atoms with Gasteiger partial charge in [0.25, 0.3) is 0 Å². The van der Waals surface area contributed by atoms with E-state index in [1.54, 1.807) is 6.20 Å². The Hall–Kier alpha value is -2.03. The van der Waals surface area contributed by atoms with Crippen molar-refractivity contribution in [1.82, 2.24) is 9.78 Å². The number of allylic oxidation sites excluding steroid dienone is 1. The topological polar surface area (TPSA) is 29.9 Å². The van der Waals surface area contributed by atoms with E-state index in [0.29, 0.717) is 0 Å². The van der Waals surface area contributed by atoms with Gasteiger partial charge in [0.15, 0.2) is 0 Å². The summed E-state index contributed by atoms with van der Waals surface area (Å²) < 4.78 is 1.90. The molecular formula is C15H19N3. The Kier molecular flexibility index (Phi) is 4.18. The number of anilines is 1. The highest BCUT2D eigenvalue weighted by Crippen LogP contribution is 2.15. The lowest BCUT2D eigenvalue weighted by molar-refractivity contribution is 0.885. The summed E-state index contributed by atoms with van der Waals surface area (Å²) in [5.74, 6) is 0.987. The first-order valence-corrected chi connectivity index (χ1v) is 6.39. The lowest BCUT2D eigenvalue weighted by Gasteiger charge is -2.08. The van der Waals surface area contributed by atoms with Crippen molar-refractivity contribution in [2.24, 2.45) is 0 Å². The molecule has 2 rings (SSSR count). The van der Waals surface area contributed by atoms with Crippen molar-refractivity contribution in [3.05, 3.63) is 54.4 Å². The number of para-hydroxylation sites is 1. The Morgan fingerprint density at radius 1 is 1.17 bits per heavy atom. The zero-order chi connectivity index (χ0) is 12.8. The third-order valence-corrected chi connectivity index (χ3v) is 2.98. The normalized spacial score (nSPS) is 10.1. The molecule has 2 aromatic rings. The third-order valence-electron chi connectivity index (χ3n) is 2.98. The van der Waals surface area contributed by atoms with Gasteiger partial charge in [-0.05, 0) is 25.0 Å². The molecule has 18 heavy (non-hydrogen) atoms. The summed E-state index contributed by atoms with van der Waals surface area (Å²) in [6, 6.07) is 12.1. The molecule has 0 saturated heterocycles. The van der Waals surface area contributed by atoms with Gasteiger partial charge in [-0.1, -0.05) is 37.6 Å². The Morgan fingerprint density at radius 2 is 1.89 bits per heavy atom. The van der Waals surface area contributed by atoms with Crippen molar-refractivity contribution < 1.29 is 0 Å². The first-order valence-electron chi connectivity index (χ1n) is 6.39. The van der Waals surface area contributed by atoms with Crippen LogP contribution in [0.25, 0.3) is 5.69 Å². The van der Waals surface area contributed by atoms with Gasteiger partial charge >= 0.3 is 0 Å². The van der Waals surface area contributed by atoms with E-state index in [2.05, 4.69) is 30.5 Å². The van der Waals surface area contributed by atoms with Crippen LogP contribution in [0.3, 0.4) is 0 Å². The minimum atomic E-state index is 0.987. The molecule has 1 N–H and O–H groups in total. The van der Waals surface area contributed by atoms with E-state index in [0.717, 1.165) is 24.3 Å². The fraction of sp³-hybridized carbons (Fsp3) is 0.267. The number of hydrogen-bond acceptors (Lipinski definition) is 2. The van der Waals surface area contributed by atoms with E-state index in [4.69, 9.17) is 0 Å². The Labute approximate surface area is 108 Å². The predicted octanol–water partition coefficient (Wildman–Crippen LogP) is 3.99. The van der Waals surface area contributed by atoms with Gasteiger partial charge in [0.05, 0.1) is 11.9 Å². The van der Waals surface area contributed by atoms with E-state index in [9.17, 15) is 0 Å². The van der Waals surface area contributed by atoms with Gasteiger partial charge in [0.2, 0.25) is 0 Å². The molecule has 0 saturated carbocycles. The number of nitrogens with one attached hydrogen (secondary N) is 1. The average Bonchev–Trinajstić information content (AvgIpc) is 2.89. The van der Waals surface area contributed by atoms with Gasteiger partial charge in [-0.15, -0.1) is 0 Å². The summed E-state index contributed by atoms with van der Waals surface area (Å²) in [6.45, 7) is 4.34. The highest BCUT2D eigenvalue weighted by molar-refractivity contribution is 5.46. The van der Waals surface area contributed by atoms with Crippen molar-refractivity contribution in [2.45, 2.75) is 26.7 Å². The molecule has 0 bridgehead atoms. The number of benzene rings is 1. The molecule has 3 nitrogen and oxygen atoms in total. The zero-order valence-corrected chi connectivity index (χ0v) is 10.9. The second-order valence-corrected chi connectivity index (χ2v) is 4.12. The summed E-state index contributed by atoms with van der Waals surface area (Å²) in [4.78, 5) is 0. The van der Waals surface area contributed by atoms with E-state index < -0.39 is 0 Å². The van der Waals surface area contributed by atoms with Crippen LogP contribution in [0.4, 0.5) is 5.82 Å². The molecule has 1 heterocycles. The quantitative estimate of drug-likeness (QED) is 0.857. The second kappa shape index (κ2) is 6.05. The van der Waals surface area contributed by atoms with Crippen LogP contribution < -0.4 is 5.32 Å². The predicted molar refractivity (Wildman–Crippen MR) is 75.9 cm³/mol. The molecular weight excluding hydrogens is 222 g/mol. The molecule has 94 valence electrons. The maximum Gasteiger partial charge on any atom is 0.133 e. The smallest absolute Gasteiger partial charge is 0.133 e. The van der Waals surface area contributed by atoms with Crippen molar-refractivity contribution in [3.8, 4) is 5.69 Å². The van der Waals surface area contributed by atoms with Crippen LogP contribution in [-0.2, 0) is 0 Å². The molecule has 0 aliphatic carbocycles. The molecule has 1 aromatic carbocycles. The number of aromatic nitrogens is 2. The second-order valence-electron chi connectivity index (χ2n) is 4.12. The minimum absolute atomic E-state index is 0.987. The average molecular weight is 241 g/mol. The summed E-state index contributed by atoms with van der Waals surface area (Å²) in [5, 5.41) is 7.67. The number of hydrogen-bond donors (Lipinski definition) is 1. The first kappa shape index (κ1) is 12.4. The molecule has 0 amide bonds. The number of rotatable bonds is 5. The standard InChI is InChI=1S/C15H19N3/c1-3-13(4-2)12-16-15-10-11-17-18(15)14-8-6-5-7-9-14/h5-12,16H,3-4H2,1-2H3. The Bertz CT molecular complexity index is 506. The number of nitrogens with zero attached hydrogens (tertiary/aromatic N) is 2. The van der Waals surface area contributed by atoms with Crippen molar-refractivity contribution in [2.75, 3.05) is 5.32 Å². The van der Waals surface area contributed by atoms with Crippen LogP contribution in [0.1, 0.15) is 26.7 Å². The Balaban J connectivity index is 2.21. The molecule has 0 aliphatic heterocycles. The van der Waals surface area contributed by atoms with Crippen LogP contribution in [-0.4, -0.2) is 9.78 Å². The molecule has 0 aliphatic rings. The maximum atomic E-state index is 4.34. The van der Waals surface area contributed by atoms with Crippen molar-refractivity contribution in [3.63, 3.8) is 0 Å². The van der Waals surface area contributed by atoms with Crippen molar-refractivity contribution in [1.29, 1.82) is 0 Å². The van der Waals surface area contributed by atoms with Crippen LogP contribution in [0.15, 0.2) is 54.4 Å². The maximum absolute atomic E-state index is 4.34. The minimum Gasteiger partial charge on any atom is -0.347 e. The van der Waals surface area contributed by atoms with Crippen LogP contribution in [0, 0.1) is 0 Å². The lowest BCUT2D eigenvalue weighted by atomic mass is 10.2. The molecule has 0 unspecified atom stereocenters. The van der Waals surface area contributed by atoms with Gasteiger partial charge in [-0.3, -0.25) is 0 Å². The van der Waals surface area contributed by atoms with Gasteiger partial charge in [0.1, 0.15) is 5.82 Å². The summed E-state index contributed by atoms with van der Waals surface area (Å²) in [6.07, 6.45) is 6.03. The fourth-order valence-corrected chi connectivity index (χ4v) is 1.82. The summed E-state index contributed by atoms with van der Waals surface area (Å²) >= 11 is 0. The third kappa shape index (κ3) is 2.80. The molecule has 0 spiro atoms. The lowest BCUT2D eigenvalue weighted by Crippen LogP contribution is -2.02. The van der Waals surface area contributed by atoms with Gasteiger partial charge in [0, 0.05) is 12.3 Å². The van der Waals surface area contributed by atoms with Gasteiger partial charge < -0.3 is 5.32 Å². The van der Waals surface area contributed by atoms with Crippen LogP contribution >= 0.6 is 0 Å². The summed E-state index contributed by atoms with van der Waals surface area (Å²) in [5.41, 5.74) is 2.46. The monoisotopic (exact) mass is 241 g/mol. The van der Waals surface area contributed by atoms with Crippen LogP contribution in [0.2, 0.25) is 0 Å². The van der Waals surface area contributed by atoms with E-state index in [1.165, 1.54) is 5.57 Å². The van der Waals surface area contributed by atoms with E-state index in [1.807, 2.05) is 41.1 Å². The molecule has 0 fully saturated rings. The molecule has 3 heteroatoms. The molecule has 0 radical (unpaired) electrons. The van der Waals surface area contributed by atoms with Gasteiger partial charge in [-0.25, -0.2) is 4.68 Å². The molecule has 1 aromatic heterocycles. The highest BCUT2D eigenvalue weighted by atomic mass is 15.3. The van der Waals surface area contributed by atoms with Gasteiger partial charge in [-0.2, -0.15) is 5.10 Å². The van der Waals surface area contributed by atoms with E-state index >= 15 is 0 Å². The SMILES string of the molecule is CCC(=CNc1ccnn1-c1ccccc1)CC. The van der Waals surface area contributed by atoms with E-state index in [-0.39, 0.29) is 0 Å². The summed E-state index contributed by atoms with van der Waals surface area (Å²) in [7, 11) is 0. The van der Waals surface area contributed by atoms with Crippen molar-refractivity contribution >= 4 is 5.82 Å². The first-order chi connectivity index (χ1) is 8.85. The van der Waals surface area contributed by atoms with Crippen LogP contribution in [0.5, 0.6) is 0 Å². The highest BCUT2D eigenvalue weighted by Gasteiger charge is 2.02.